The predicted octanol–water partition coefficient (Wildman–Crippen LogP) is 3.27. The summed E-state index contributed by atoms with van der Waals surface area (Å²) in [5, 5.41) is 0.0202. The Labute approximate surface area is 183 Å². The van der Waals surface area contributed by atoms with Gasteiger partial charge in [0.2, 0.25) is 16.2 Å². The summed E-state index contributed by atoms with van der Waals surface area (Å²) in [6, 6.07) is 5.00. The van der Waals surface area contributed by atoms with E-state index in [4.69, 9.17) is 33.3 Å². The number of ether oxygens (including phenoxy) is 2. The van der Waals surface area contributed by atoms with Gasteiger partial charge in [0.05, 0.1) is 13.2 Å². The molecule has 2 rings (SSSR count). The molecule has 3 amide bonds. The van der Waals surface area contributed by atoms with Crippen molar-refractivity contribution in [3.8, 4) is 0 Å². The van der Waals surface area contributed by atoms with Gasteiger partial charge in [-0.2, -0.15) is 0 Å². The number of rotatable bonds is 8. The molecule has 1 atom stereocenters. The molecular formula is C18H22ClN3O5S2. The number of hydrogen-bond donors (Lipinski definition) is 0. The molecule has 0 aromatic carbocycles. The maximum absolute atomic E-state index is 12.3. The smallest absolute Gasteiger partial charge is 0.416 e. The molecule has 1 fully saturated rings. The highest BCUT2D eigenvalue weighted by Crippen LogP contribution is 2.24. The summed E-state index contributed by atoms with van der Waals surface area (Å²) in [6.45, 7) is 4.37. The van der Waals surface area contributed by atoms with Gasteiger partial charge in [0.25, 0.3) is 0 Å². The Hall–Kier alpha value is -1.91. The number of cyclic esters (lactones) is 1. The van der Waals surface area contributed by atoms with E-state index in [1.165, 1.54) is 23.6 Å². The van der Waals surface area contributed by atoms with Gasteiger partial charge in [-0.1, -0.05) is 29.4 Å². The molecule has 2 heterocycles. The maximum atomic E-state index is 12.3. The number of carbonyl (C=O) groups is 3. The number of hydrogen-bond acceptors (Lipinski definition) is 8. The minimum Gasteiger partial charge on any atom is -0.479 e. The molecule has 29 heavy (non-hydrogen) atoms. The molecular weight excluding hydrogens is 438 g/mol. The number of pyridine rings is 1. The number of aromatic nitrogens is 1. The molecule has 1 aliphatic heterocycles. The number of thioether (sulfide) groups is 1. The molecule has 11 heteroatoms. The summed E-state index contributed by atoms with van der Waals surface area (Å²) in [5.74, 6) is -0.134. The van der Waals surface area contributed by atoms with Crippen molar-refractivity contribution >= 4 is 63.7 Å². The Morgan fingerprint density at radius 3 is 2.83 bits per heavy atom. The quantitative estimate of drug-likeness (QED) is 0.432. The predicted molar refractivity (Wildman–Crippen MR) is 115 cm³/mol. The summed E-state index contributed by atoms with van der Waals surface area (Å²) in [6.07, 6.45) is -0.140. The second-order valence-electron chi connectivity index (χ2n) is 6.07. The summed E-state index contributed by atoms with van der Waals surface area (Å²) in [4.78, 5) is 42.9. The number of imide groups is 1. The molecule has 1 aromatic heterocycles. The van der Waals surface area contributed by atoms with Gasteiger partial charge < -0.3 is 9.47 Å². The van der Waals surface area contributed by atoms with Crippen molar-refractivity contribution in [1.82, 2.24) is 9.88 Å². The average Bonchev–Trinajstić information content (AvgIpc) is 3.09. The number of halogens is 1. The van der Waals surface area contributed by atoms with Gasteiger partial charge in [-0.05, 0) is 37.7 Å². The normalized spacial score (nSPS) is 14.3. The Kier molecular flexibility index (Phi) is 9.12. The van der Waals surface area contributed by atoms with Crippen LogP contribution in [0.2, 0.25) is 5.15 Å². The fourth-order valence-electron chi connectivity index (χ4n) is 2.65. The fourth-order valence-corrected chi connectivity index (χ4v) is 4.25. The minimum absolute atomic E-state index is 0.107. The van der Waals surface area contributed by atoms with E-state index < -0.39 is 6.09 Å². The van der Waals surface area contributed by atoms with Crippen LogP contribution in [-0.4, -0.2) is 63.7 Å². The molecule has 8 nitrogen and oxygen atoms in total. The van der Waals surface area contributed by atoms with Crippen molar-refractivity contribution in [2.24, 2.45) is 0 Å². The zero-order valence-corrected chi connectivity index (χ0v) is 18.5. The summed E-state index contributed by atoms with van der Waals surface area (Å²) in [7, 11) is 0. The lowest BCUT2D eigenvalue weighted by molar-refractivity contribution is -0.127. The van der Waals surface area contributed by atoms with E-state index in [1.807, 2.05) is 6.92 Å². The third-order valence-electron chi connectivity index (χ3n) is 4.01. The van der Waals surface area contributed by atoms with Gasteiger partial charge >= 0.3 is 6.09 Å². The fraction of sp³-hybridized carbons (Fsp3) is 0.500. The minimum atomic E-state index is -0.627. The summed E-state index contributed by atoms with van der Waals surface area (Å²) >= 11 is 12.4. The third-order valence-corrected chi connectivity index (χ3v) is 5.66. The van der Waals surface area contributed by atoms with Gasteiger partial charge in [-0.3, -0.25) is 14.5 Å². The Bertz CT molecular complexity index is 780. The number of thiocarbonyl (C=S) groups is 1. The number of nitrogens with zero attached hydrogens (tertiary/aromatic N) is 3. The second-order valence-corrected chi connectivity index (χ2v) is 8.36. The first-order chi connectivity index (χ1) is 13.8. The van der Waals surface area contributed by atoms with E-state index in [0.29, 0.717) is 23.2 Å². The molecule has 0 aliphatic carbocycles. The van der Waals surface area contributed by atoms with Crippen molar-refractivity contribution in [3.05, 3.63) is 23.4 Å². The van der Waals surface area contributed by atoms with E-state index in [2.05, 4.69) is 4.98 Å². The van der Waals surface area contributed by atoms with Crippen molar-refractivity contribution in [3.63, 3.8) is 0 Å². The van der Waals surface area contributed by atoms with E-state index in [-0.39, 0.29) is 48.3 Å². The van der Waals surface area contributed by atoms with Crippen LogP contribution in [-0.2, 0) is 19.1 Å². The highest BCUT2D eigenvalue weighted by molar-refractivity contribution is 8.23. The monoisotopic (exact) mass is 459 g/mol. The maximum Gasteiger partial charge on any atom is 0.416 e. The van der Waals surface area contributed by atoms with Crippen LogP contribution in [0.5, 0.6) is 0 Å². The highest BCUT2D eigenvalue weighted by atomic mass is 35.5. The van der Waals surface area contributed by atoms with E-state index in [1.54, 1.807) is 18.2 Å². The van der Waals surface area contributed by atoms with E-state index >= 15 is 0 Å². The zero-order chi connectivity index (χ0) is 21.4. The first-order valence-corrected chi connectivity index (χ1v) is 10.7. The van der Waals surface area contributed by atoms with Gasteiger partial charge in [0.1, 0.15) is 17.6 Å². The Balaban J connectivity index is 2.10. The molecule has 0 saturated carbocycles. The molecule has 0 bridgehead atoms. The molecule has 1 unspecified atom stereocenters. The highest BCUT2D eigenvalue weighted by Gasteiger charge is 2.29. The topological polar surface area (TPSA) is 89.0 Å². The van der Waals surface area contributed by atoms with E-state index in [0.717, 1.165) is 4.90 Å². The van der Waals surface area contributed by atoms with Gasteiger partial charge in [0.15, 0.2) is 0 Å². The van der Waals surface area contributed by atoms with E-state index in [9.17, 15) is 14.4 Å². The van der Waals surface area contributed by atoms with Crippen LogP contribution in [0.3, 0.4) is 0 Å². The standard InChI is InChI=1S/C18H22ClN3O5S2/c1-3-26-18(28)29-13(7-8-16(24)21-9-10-27-17(21)25)11-22(12(2)23)15-6-4-5-14(19)20-15/h4-6,13H,3,7-11H2,1-2H3. The molecule has 158 valence electrons. The first kappa shape index (κ1) is 23.4. The molecule has 1 aromatic rings. The lowest BCUT2D eigenvalue weighted by Crippen LogP contribution is -2.37. The first-order valence-electron chi connectivity index (χ1n) is 9.03. The second kappa shape index (κ2) is 11.3. The van der Waals surface area contributed by atoms with Crippen molar-refractivity contribution in [2.75, 3.05) is 31.2 Å². The zero-order valence-electron chi connectivity index (χ0n) is 16.1. The van der Waals surface area contributed by atoms with Crippen LogP contribution in [0.1, 0.15) is 26.7 Å². The number of carbonyl (C=O) groups excluding carboxylic acids is 3. The summed E-state index contributed by atoms with van der Waals surface area (Å²) in [5.41, 5.74) is 0. The van der Waals surface area contributed by atoms with Crippen molar-refractivity contribution < 1.29 is 23.9 Å². The molecule has 1 saturated heterocycles. The molecule has 0 spiro atoms. The van der Waals surface area contributed by atoms with Crippen LogP contribution in [0.25, 0.3) is 0 Å². The van der Waals surface area contributed by atoms with Gasteiger partial charge in [-0.25, -0.2) is 14.7 Å². The number of amides is 3. The Morgan fingerprint density at radius 2 is 2.24 bits per heavy atom. The van der Waals surface area contributed by atoms with Crippen LogP contribution in [0, 0.1) is 0 Å². The third kappa shape index (κ3) is 7.13. The van der Waals surface area contributed by atoms with Crippen LogP contribution >= 0.6 is 35.6 Å². The molecule has 1 aliphatic rings. The lowest BCUT2D eigenvalue weighted by atomic mass is 10.2. The number of anilines is 1. The van der Waals surface area contributed by atoms with Crippen molar-refractivity contribution in [1.29, 1.82) is 0 Å². The van der Waals surface area contributed by atoms with Gasteiger partial charge in [-0.15, -0.1) is 0 Å². The van der Waals surface area contributed by atoms with Crippen LogP contribution in [0.4, 0.5) is 10.6 Å². The van der Waals surface area contributed by atoms with Crippen LogP contribution in [0.15, 0.2) is 18.2 Å². The SMILES string of the molecule is CCOC(=S)SC(CCC(=O)N1CCOC1=O)CN(C(C)=O)c1cccc(Cl)n1. The average molecular weight is 460 g/mol. The van der Waals surface area contributed by atoms with Crippen molar-refractivity contribution in [2.45, 2.75) is 31.9 Å². The largest absolute Gasteiger partial charge is 0.479 e. The molecule has 0 radical (unpaired) electrons. The van der Waals surface area contributed by atoms with Crippen LogP contribution < -0.4 is 4.90 Å². The summed E-state index contributed by atoms with van der Waals surface area (Å²) < 4.78 is 10.5. The molecule has 0 N–H and O–H groups in total. The lowest BCUT2D eigenvalue weighted by Gasteiger charge is -2.26. The van der Waals surface area contributed by atoms with Gasteiger partial charge in [0, 0.05) is 25.1 Å². The Morgan fingerprint density at radius 1 is 1.48 bits per heavy atom.